The minimum absolute atomic E-state index is 0.229. The van der Waals surface area contributed by atoms with Crippen LogP contribution in [-0.2, 0) is 0 Å². The molecular weight excluding hydrogens is 228 g/mol. The molecule has 1 aromatic carbocycles. The highest BCUT2D eigenvalue weighted by molar-refractivity contribution is 7.80. The van der Waals surface area contributed by atoms with Gasteiger partial charge in [-0.15, -0.1) is 0 Å². The minimum Gasteiger partial charge on any atom is -0.497 e. The van der Waals surface area contributed by atoms with Crippen LogP contribution in [0.25, 0.3) is 0 Å². The third kappa shape index (κ3) is 4.01. The highest BCUT2D eigenvalue weighted by Crippen LogP contribution is 2.16. The van der Waals surface area contributed by atoms with Gasteiger partial charge in [0.05, 0.1) is 7.11 Å². The van der Waals surface area contributed by atoms with E-state index in [0.717, 1.165) is 5.69 Å². The van der Waals surface area contributed by atoms with Crippen LogP contribution in [0.4, 0.5) is 10.5 Å². The van der Waals surface area contributed by atoms with E-state index < -0.39 is 6.03 Å². The Morgan fingerprint density at radius 2 is 2.19 bits per heavy atom. The first kappa shape index (κ1) is 12.1. The van der Waals surface area contributed by atoms with E-state index in [9.17, 15) is 4.79 Å². The number of benzene rings is 1. The molecule has 1 aromatic rings. The third-order valence-electron chi connectivity index (χ3n) is 1.63. The summed E-state index contributed by atoms with van der Waals surface area (Å²) in [4.78, 5) is 10.4. The average Bonchev–Trinajstić information content (AvgIpc) is 2.26. The molecule has 0 radical (unpaired) electrons. The zero-order valence-corrected chi connectivity index (χ0v) is 9.43. The van der Waals surface area contributed by atoms with Crippen LogP contribution in [0.5, 0.6) is 5.75 Å². The van der Waals surface area contributed by atoms with Gasteiger partial charge in [0, 0.05) is 11.8 Å². The van der Waals surface area contributed by atoms with E-state index >= 15 is 0 Å². The number of ether oxygens (including phenoxy) is 1. The maximum atomic E-state index is 10.4. The zero-order valence-electron chi connectivity index (χ0n) is 8.61. The van der Waals surface area contributed by atoms with Gasteiger partial charge in [0.1, 0.15) is 5.75 Å². The summed E-state index contributed by atoms with van der Waals surface area (Å²) in [5, 5.41) is 3.07. The second-order valence-electron chi connectivity index (χ2n) is 2.80. The fourth-order valence-electron chi connectivity index (χ4n) is 0.982. The fourth-order valence-corrected chi connectivity index (χ4v) is 1.15. The highest BCUT2D eigenvalue weighted by Gasteiger charge is 1.99. The van der Waals surface area contributed by atoms with Gasteiger partial charge in [-0.05, 0) is 24.4 Å². The van der Waals surface area contributed by atoms with Crippen LogP contribution in [0, 0.1) is 0 Å². The molecule has 0 fully saturated rings. The molecule has 2 amide bonds. The van der Waals surface area contributed by atoms with Crippen molar-refractivity contribution in [3.63, 3.8) is 0 Å². The van der Waals surface area contributed by atoms with Crippen molar-refractivity contribution < 1.29 is 9.53 Å². The summed E-state index contributed by atoms with van der Waals surface area (Å²) in [7, 11) is 1.57. The van der Waals surface area contributed by atoms with Gasteiger partial charge in [0.15, 0.2) is 5.11 Å². The van der Waals surface area contributed by atoms with E-state index in [2.05, 4.69) is 16.2 Å². The predicted octanol–water partition coefficient (Wildman–Crippen LogP) is 0.565. The second-order valence-corrected chi connectivity index (χ2v) is 3.21. The van der Waals surface area contributed by atoms with Crippen molar-refractivity contribution in [2.45, 2.75) is 0 Å². The Balaban J connectivity index is 2.52. The lowest BCUT2D eigenvalue weighted by atomic mass is 10.3. The Morgan fingerprint density at radius 1 is 1.44 bits per heavy atom. The van der Waals surface area contributed by atoms with E-state index in [1.54, 1.807) is 19.2 Å². The average molecular weight is 240 g/mol. The predicted molar refractivity (Wildman–Crippen MR) is 65.1 cm³/mol. The Morgan fingerprint density at radius 3 is 2.81 bits per heavy atom. The van der Waals surface area contributed by atoms with Gasteiger partial charge < -0.3 is 15.8 Å². The van der Waals surface area contributed by atoms with E-state index in [1.165, 1.54) is 0 Å². The molecule has 0 aliphatic carbocycles. The molecule has 16 heavy (non-hydrogen) atoms. The number of thiocarbonyl (C=S) groups is 1. The lowest BCUT2D eigenvalue weighted by Crippen LogP contribution is -2.46. The van der Waals surface area contributed by atoms with Crippen molar-refractivity contribution in [1.29, 1.82) is 0 Å². The number of urea groups is 1. The van der Waals surface area contributed by atoms with Crippen molar-refractivity contribution in [2.75, 3.05) is 12.4 Å². The number of methoxy groups -OCH3 is 1. The zero-order chi connectivity index (χ0) is 12.0. The Hall–Kier alpha value is -2.02. The van der Waals surface area contributed by atoms with Crippen LogP contribution in [0.3, 0.4) is 0 Å². The Kier molecular flexibility index (Phi) is 4.34. The number of carbonyl (C=O) groups excluding carboxylic acids is 1. The number of hydrogen-bond acceptors (Lipinski definition) is 3. The molecule has 0 aliphatic heterocycles. The lowest BCUT2D eigenvalue weighted by Gasteiger charge is -2.10. The van der Waals surface area contributed by atoms with Crippen LogP contribution in [0.1, 0.15) is 0 Å². The second kappa shape index (κ2) is 5.76. The van der Waals surface area contributed by atoms with Crippen molar-refractivity contribution >= 4 is 29.0 Å². The summed E-state index contributed by atoms with van der Waals surface area (Å²) >= 11 is 4.90. The normalized spacial score (nSPS) is 9.06. The summed E-state index contributed by atoms with van der Waals surface area (Å²) in [6.45, 7) is 0. The first-order valence-electron chi connectivity index (χ1n) is 4.38. The monoisotopic (exact) mass is 240 g/mol. The molecule has 0 unspecified atom stereocenters. The van der Waals surface area contributed by atoms with E-state index in [-0.39, 0.29) is 5.11 Å². The standard InChI is InChI=1S/C9H12N4O2S/c1-15-7-4-2-3-6(5-7)11-9(16)13-12-8(10)14/h2-5H,1H3,(H3,10,12,14)(H2,11,13,16). The molecule has 0 saturated heterocycles. The SMILES string of the molecule is COc1cccc(NC(=S)NNC(N)=O)c1. The summed E-state index contributed by atoms with van der Waals surface area (Å²) in [6, 6.07) is 6.47. The van der Waals surface area contributed by atoms with Crippen LogP contribution in [-0.4, -0.2) is 18.3 Å². The molecule has 5 N–H and O–H groups in total. The van der Waals surface area contributed by atoms with E-state index in [1.807, 2.05) is 12.1 Å². The molecule has 0 bridgehead atoms. The number of carbonyl (C=O) groups is 1. The summed E-state index contributed by atoms with van der Waals surface area (Å²) in [5.74, 6) is 0.704. The van der Waals surface area contributed by atoms with Gasteiger partial charge in [0.25, 0.3) is 0 Å². The molecule has 0 aliphatic rings. The van der Waals surface area contributed by atoms with Gasteiger partial charge >= 0.3 is 6.03 Å². The van der Waals surface area contributed by atoms with Gasteiger partial charge in [-0.3, -0.25) is 5.43 Å². The molecule has 6 nitrogen and oxygen atoms in total. The first-order valence-corrected chi connectivity index (χ1v) is 4.79. The number of anilines is 1. The lowest BCUT2D eigenvalue weighted by molar-refractivity contribution is 0.247. The first-order chi connectivity index (χ1) is 7.61. The fraction of sp³-hybridized carbons (Fsp3) is 0.111. The molecule has 1 rings (SSSR count). The van der Waals surface area contributed by atoms with Crippen molar-refractivity contribution in [3.05, 3.63) is 24.3 Å². The van der Waals surface area contributed by atoms with Crippen LogP contribution in [0.2, 0.25) is 0 Å². The summed E-state index contributed by atoms with van der Waals surface area (Å²) in [5.41, 5.74) is 10.2. The smallest absolute Gasteiger partial charge is 0.330 e. The number of nitrogens with one attached hydrogen (secondary N) is 3. The molecule has 86 valence electrons. The molecular formula is C9H12N4O2S. The van der Waals surface area contributed by atoms with Gasteiger partial charge in [-0.1, -0.05) is 6.07 Å². The Bertz CT molecular complexity index is 397. The quantitative estimate of drug-likeness (QED) is 0.448. The van der Waals surface area contributed by atoms with Gasteiger partial charge in [-0.25, -0.2) is 10.2 Å². The Labute approximate surface area is 98.1 Å². The number of primary amides is 1. The summed E-state index contributed by atoms with van der Waals surface area (Å²) in [6.07, 6.45) is 0. The number of hydrazine groups is 1. The topological polar surface area (TPSA) is 88.4 Å². The van der Waals surface area contributed by atoms with Crippen molar-refractivity contribution in [1.82, 2.24) is 10.9 Å². The third-order valence-corrected chi connectivity index (χ3v) is 1.83. The number of amides is 2. The number of rotatable bonds is 2. The van der Waals surface area contributed by atoms with E-state index in [4.69, 9.17) is 22.7 Å². The van der Waals surface area contributed by atoms with Crippen LogP contribution in [0.15, 0.2) is 24.3 Å². The maximum absolute atomic E-state index is 10.4. The largest absolute Gasteiger partial charge is 0.497 e. The van der Waals surface area contributed by atoms with Gasteiger partial charge in [-0.2, -0.15) is 0 Å². The number of nitrogens with two attached hydrogens (primary N) is 1. The van der Waals surface area contributed by atoms with Crippen LogP contribution >= 0.6 is 12.2 Å². The van der Waals surface area contributed by atoms with Gasteiger partial charge in [0.2, 0.25) is 0 Å². The van der Waals surface area contributed by atoms with Crippen LogP contribution < -0.4 is 26.6 Å². The highest BCUT2D eigenvalue weighted by atomic mass is 32.1. The minimum atomic E-state index is -0.713. The number of hydrogen-bond donors (Lipinski definition) is 4. The summed E-state index contributed by atoms with van der Waals surface area (Å²) < 4.78 is 5.04. The molecule has 0 spiro atoms. The maximum Gasteiger partial charge on any atom is 0.330 e. The molecule has 0 atom stereocenters. The van der Waals surface area contributed by atoms with Crippen molar-refractivity contribution in [3.8, 4) is 5.75 Å². The molecule has 0 aromatic heterocycles. The molecule has 7 heteroatoms. The van der Waals surface area contributed by atoms with E-state index in [0.29, 0.717) is 5.75 Å². The molecule has 0 heterocycles. The molecule has 0 saturated carbocycles. The van der Waals surface area contributed by atoms with Crippen molar-refractivity contribution in [2.24, 2.45) is 5.73 Å².